The number of nitrogen functional groups attached to an aromatic ring is 1. The summed E-state index contributed by atoms with van der Waals surface area (Å²) in [6.45, 7) is 4.08. The molecule has 0 spiro atoms. The Bertz CT molecular complexity index is 652. The molecule has 0 aliphatic rings. The second-order valence-corrected chi connectivity index (χ2v) is 4.62. The summed E-state index contributed by atoms with van der Waals surface area (Å²) in [4.78, 5) is 15.7. The molecule has 20 heavy (non-hydrogen) atoms. The Morgan fingerprint density at radius 3 is 2.80 bits per heavy atom. The van der Waals surface area contributed by atoms with Gasteiger partial charge >= 0.3 is 0 Å². The number of rotatable bonds is 4. The molecular weight excluding hydrogens is 252 g/mol. The number of aromatic nitrogens is 1. The Hall–Kier alpha value is -2.56. The van der Waals surface area contributed by atoms with Gasteiger partial charge in [-0.2, -0.15) is 0 Å². The van der Waals surface area contributed by atoms with Gasteiger partial charge in [0, 0.05) is 5.69 Å². The minimum atomic E-state index is -0.557. The molecule has 0 aliphatic carbocycles. The third-order valence-corrected chi connectivity index (χ3v) is 3.16. The molecule has 2 rings (SSSR count). The highest BCUT2D eigenvalue weighted by atomic mass is 16.1. The summed E-state index contributed by atoms with van der Waals surface area (Å²) in [5.74, 6) is -0.130. The van der Waals surface area contributed by atoms with Crippen LogP contribution in [0.4, 0.5) is 17.2 Å². The van der Waals surface area contributed by atoms with Crippen LogP contribution >= 0.6 is 0 Å². The van der Waals surface area contributed by atoms with Crippen LogP contribution in [-0.2, 0) is 6.42 Å². The molecule has 5 heteroatoms. The summed E-state index contributed by atoms with van der Waals surface area (Å²) in [5.41, 5.74) is 14.9. The molecule has 0 atom stereocenters. The van der Waals surface area contributed by atoms with Crippen LogP contribution in [0.2, 0.25) is 0 Å². The minimum Gasteiger partial charge on any atom is -0.397 e. The van der Waals surface area contributed by atoms with Gasteiger partial charge in [0.15, 0.2) is 0 Å². The Balaban J connectivity index is 2.48. The van der Waals surface area contributed by atoms with E-state index in [1.165, 1.54) is 12.3 Å². The maximum atomic E-state index is 11.5. The summed E-state index contributed by atoms with van der Waals surface area (Å²) in [5, 5.41) is 3.20. The van der Waals surface area contributed by atoms with E-state index >= 15 is 0 Å². The van der Waals surface area contributed by atoms with E-state index in [1.807, 2.05) is 25.1 Å². The van der Waals surface area contributed by atoms with Crippen molar-refractivity contribution in [3.8, 4) is 0 Å². The molecule has 104 valence electrons. The Kier molecular flexibility index (Phi) is 3.89. The van der Waals surface area contributed by atoms with Crippen molar-refractivity contribution in [1.82, 2.24) is 4.98 Å². The Morgan fingerprint density at radius 2 is 2.15 bits per heavy atom. The van der Waals surface area contributed by atoms with Crippen molar-refractivity contribution in [2.24, 2.45) is 5.73 Å². The molecule has 0 unspecified atom stereocenters. The second-order valence-electron chi connectivity index (χ2n) is 4.62. The Labute approximate surface area is 118 Å². The molecule has 0 fully saturated rings. The fourth-order valence-corrected chi connectivity index (χ4v) is 2.09. The van der Waals surface area contributed by atoms with Crippen molar-refractivity contribution < 1.29 is 4.79 Å². The van der Waals surface area contributed by atoms with E-state index in [4.69, 9.17) is 11.5 Å². The summed E-state index contributed by atoms with van der Waals surface area (Å²) in [7, 11) is 0. The average molecular weight is 270 g/mol. The zero-order valence-corrected chi connectivity index (χ0v) is 11.6. The number of nitrogens with one attached hydrogen (secondary N) is 1. The molecule has 1 heterocycles. The van der Waals surface area contributed by atoms with Gasteiger partial charge < -0.3 is 16.8 Å². The first-order valence-corrected chi connectivity index (χ1v) is 6.43. The minimum absolute atomic E-state index is 0.287. The van der Waals surface area contributed by atoms with Gasteiger partial charge in [-0.25, -0.2) is 4.98 Å². The van der Waals surface area contributed by atoms with Gasteiger partial charge in [0.05, 0.1) is 17.4 Å². The number of carbonyl (C=O) groups excluding carboxylic acids is 1. The van der Waals surface area contributed by atoms with Crippen LogP contribution in [0.1, 0.15) is 28.4 Å². The van der Waals surface area contributed by atoms with E-state index in [-0.39, 0.29) is 5.56 Å². The van der Waals surface area contributed by atoms with E-state index in [9.17, 15) is 4.79 Å². The lowest BCUT2D eigenvalue weighted by Gasteiger charge is -2.15. The number of hydrogen-bond donors (Lipinski definition) is 3. The Morgan fingerprint density at radius 1 is 1.40 bits per heavy atom. The van der Waals surface area contributed by atoms with E-state index in [1.54, 1.807) is 0 Å². The first-order chi connectivity index (χ1) is 9.52. The number of nitrogens with two attached hydrogens (primary N) is 2. The summed E-state index contributed by atoms with van der Waals surface area (Å²) >= 11 is 0. The number of anilines is 3. The predicted octanol–water partition coefficient (Wildman–Crippen LogP) is 2.38. The van der Waals surface area contributed by atoms with Crippen LogP contribution in [0.15, 0.2) is 30.5 Å². The van der Waals surface area contributed by atoms with Gasteiger partial charge in [0.2, 0.25) is 0 Å². The molecule has 0 aliphatic heterocycles. The fraction of sp³-hybridized carbons (Fsp3) is 0.200. The first kappa shape index (κ1) is 13.9. The highest BCUT2D eigenvalue weighted by Crippen LogP contribution is 2.26. The lowest BCUT2D eigenvalue weighted by Crippen LogP contribution is -2.15. The van der Waals surface area contributed by atoms with E-state index < -0.39 is 5.91 Å². The van der Waals surface area contributed by atoms with Crippen molar-refractivity contribution in [3.63, 3.8) is 0 Å². The zero-order valence-electron chi connectivity index (χ0n) is 11.6. The van der Waals surface area contributed by atoms with Crippen molar-refractivity contribution in [2.45, 2.75) is 20.3 Å². The SMILES string of the molecule is CCc1cccc(C)c1Nc1ncc(N)cc1C(N)=O. The largest absolute Gasteiger partial charge is 0.397 e. The van der Waals surface area contributed by atoms with Crippen molar-refractivity contribution in [3.05, 3.63) is 47.2 Å². The standard InChI is InChI=1S/C15H18N4O/c1-3-10-6-4-5-9(2)13(10)19-15-12(14(17)20)7-11(16)8-18-15/h4-8H,3,16H2,1-2H3,(H2,17,20)(H,18,19). The van der Waals surface area contributed by atoms with Gasteiger partial charge in [-0.05, 0) is 30.5 Å². The number of nitrogens with zero attached hydrogens (tertiary/aromatic N) is 1. The number of primary amides is 1. The second kappa shape index (κ2) is 5.61. The van der Waals surface area contributed by atoms with Gasteiger partial charge in [-0.15, -0.1) is 0 Å². The van der Waals surface area contributed by atoms with E-state index in [2.05, 4.69) is 17.2 Å². The lowest BCUT2D eigenvalue weighted by molar-refractivity contribution is 0.100. The maximum Gasteiger partial charge on any atom is 0.252 e. The molecule has 0 radical (unpaired) electrons. The zero-order chi connectivity index (χ0) is 14.7. The van der Waals surface area contributed by atoms with E-state index in [0.29, 0.717) is 11.5 Å². The number of hydrogen-bond acceptors (Lipinski definition) is 4. The molecular formula is C15H18N4O. The molecule has 1 aromatic heterocycles. The van der Waals surface area contributed by atoms with Crippen molar-refractivity contribution in [2.75, 3.05) is 11.1 Å². The van der Waals surface area contributed by atoms with Crippen LogP contribution in [0.5, 0.6) is 0 Å². The number of carbonyl (C=O) groups is 1. The highest BCUT2D eigenvalue weighted by molar-refractivity contribution is 5.99. The molecule has 5 nitrogen and oxygen atoms in total. The number of pyridine rings is 1. The van der Waals surface area contributed by atoms with Gasteiger partial charge in [-0.1, -0.05) is 25.1 Å². The van der Waals surface area contributed by atoms with Crippen LogP contribution in [0.25, 0.3) is 0 Å². The fourth-order valence-electron chi connectivity index (χ4n) is 2.09. The molecule has 0 saturated heterocycles. The van der Waals surface area contributed by atoms with Gasteiger partial charge in [0.25, 0.3) is 5.91 Å². The number of amides is 1. The number of benzene rings is 1. The first-order valence-electron chi connectivity index (χ1n) is 6.43. The molecule has 1 amide bonds. The monoisotopic (exact) mass is 270 g/mol. The number of aryl methyl sites for hydroxylation is 2. The smallest absolute Gasteiger partial charge is 0.252 e. The summed E-state index contributed by atoms with van der Waals surface area (Å²) in [6.07, 6.45) is 2.38. The number of para-hydroxylation sites is 1. The van der Waals surface area contributed by atoms with E-state index in [0.717, 1.165) is 23.2 Å². The van der Waals surface area contributed by atoms with Crippen molar-refractivity contribution in [1.29, 1.82) is 0 Å². The van der Waals surface area contributed by atoms with Gasteiger partial charge in [0.1, 0.15) is 5.82 Å². The molecule has 5 N–H and O–H groups in total. The van der Waals surface area contributed by atoms with Crippen LogP contribution < -0.4 is 16.8 Å². The quantitative estimate of drug-likeness (QED) is 0.795. The third-order valence-electron chi connectivity index (χ3n) is 3.16. The topological polar surface area (TPSA) is 94.0 Å². The normalized spacial score (nSPS) is 10.3. The van der Waals surface area contributed by atoms with Crippen LogP contribution in [-0.4, -0.2) is 10.9 Å². The molecule has 2 aromatic rings. The van der Waals surface area contributed by atoms with Crippen molar-refractivity contribution >= 4 is 23.1 Å². The van der Waals surface area contributed by atoms with Crippen LogP contribution in [0.3, 0.4) is 0 Å². The van der Waals surface area contributed by atoms with Gasteiger partial charge in [-0.3, -0.25) is 4.79 Å². The van der Waals surface area contributed by atoms with Crippen LogP contribution in [0, 0.1) is 6.92 Å². The molecule has 0 bridgehead atoms. The average Bonchev–Trinajstić information content (AvgIpc) is 2.42. The predicted molar refractivity (Wildman–Crippen MR) is 81.0 cm³/mol. The third kappa shape index (κ3) is 2.71. The summed E-state index contributed by atoms with van der Waals surface area (Å²) < 4.78 is 0. The molecule has 0 saturated carbocycles. The summed E-state index contributed by atoms with van der Waals surface area (Å²) in [6, 6.07) is 7.58. The highest BCUT2D eigenvalue weighted by Gasteiger charge is 2.13. The molecule has 1 aromatic carbocycles. The maximum absolute atomic E-state index is 11.5. The lowest BCUT2D eigenvalue weighted by atomic mass is 10.1.